The van der Waals surface area contributed by atoms with Crippen LogP contribution in [-0.4, -0.2) is 17.4 Å². The van der Waals surface area contributed by atoms with Gasteiger partial charge in [0.2, 0.25) is 0 Å². The normalized spacial score (nSPS) is 10.1. The standard InChI is InChI=1S/C12H11BO3/c14-13(16-15)12-9-5-4-8-11(12)10-6-2-1-3-7-10/h1-9,14-15H. The van der Waals surface area contributed by atoms with E-state index in [1.807, 2.05) is 42.5 Å². The lowest BCUT2D eigenvalue weighted by Crippen LogP contribution is -2.34. The molecule has 2 rings (SSSR count). The minimum absolute atomic E-state index is 0.538. The summed E-state index contributed by atoms with van der Waals surface area (Å²) in [6.07, 6.45) is 0. The Morgan fingerprint density at radius 1 is 0.875 bits per heavy atom. The molecule has 16 heavy (non-hydrogen) atoms. The van der Waals surface area contributed by atoms with Gasteiger partial charge in [0, 0.05) is 0 Å². The van der Waals surface area contributed by atoms with Gasteiger partial charge in [0.15, 0.2) is 0 Å². The maximum atomic E-state index is 9.50. The van der Waals surface area contributed by atoms with Crippen LogP contribution in [0, 0.1) is 0 Å². The molecule has 0 radical (unpaired) electrons. The molecule has 0 spiro atoms. The first-order valence-corrected chi connectivity index (χ1v) is 4.95. The van der Waals surface area contributed by atoms with E-state index in [4.69, 9.17) is 5.26 Å². The van der Waals surface area contributed by atoms with Crippen molar-refractivity contribution in [2.24, 2.45) is 0 Å². The van der Waals surface area contributed by atoms with Crippen LogP contribution in [0.3, 0.4) is 0 Å². The second-order valence-electron chi connectivity index (χ2n) is 3.41. The molecule has 0 aliphatic heterocycles. The minimum atomic E-state index is -1.32. The van der Waals surface area contributed by atoms with Crippen molar-refractivity contribution >= 4 is 12.6 Å². The van der Waals surface area contributed by atoms with Crippen LogP contribution < -0.4 is 5.46 Å². The first-order chi connectivity index (χ1) is 7.83. The van der Waals surface area contributed by atoms with Gasteiger partial charge < -0.3 is 5.02 Å². The third-order valence-electron chi connectivity index (χ3n) is 2.41. The zero-order valence-corrected chi connectivity index (χ0v) is 8.58. The Morgan fingerprint density at radius 3 is 2.19 bits per heavy atom. The summed E-state index contributed by atoms with van der Waals surface area (Å²) >= 11 is 0. The number of hydrogen-bond acceptors (Lipinski definition) is 3. The molecular formula is C12H11BO3. The Balaban J connectivity index is 2.49. The highest BCUT2D eigenvalue weighted by atomic mass is 17.1. The van der Waals surface area contributed by atoms with E-state index in [-0.39, 0.29) is 0 Å². The molecule has 4 heteroatoms. The zero-order valence-electron chi connectivity index (χ0n) is 8.58. The third-order valence-corrected chi connectivity index (χ3v) is 2.41. The van der Waals surface area contributed by atoms with Gasteiger partial charge in [-0.05, 0) is 16.6 Å². The molecule has 80 valence electrons. The second kappa shape index (κ2) is 4.94. The molecule has 0 fully saturated rings. The van der Waals surface area contributed by atoms with Crippen molar-refractivity contribution in [3.8, 4) is 11.1 Å². The fraction of sp³-hybridized carbons (Fsp3) is 0. The molecule has 0 atom stereocenters. The van der Waals surface area contributed by atoms with E-state index in [0.29, 0.717) is 5.46 Å². The molecule has 0 unspecified atom stereocenters. The number of benzene rings is 2. The molecule has 2 aromatic carbocycles. The van der Waals surface area contributed by atoms with Crippen molar-refractivity contribution < 1.29 is 15.1 Å². The number of hydrogen-bond donors (Lipinski definition) is 2. The van der Waals surface area contributed by atoms with Crippen LogP contribution in [0.1, 0.15) is 0 Å². The van der Waals surface area contributed by atoms with Crippen LogP contribution in [0.2, 0.25) is 0 Å². The maximum Gasteiger partial charge on any atom is 0.523 e. The Hall–Kier alpha value is -1.62. The summed E-state index contributed by atoms with van der Waals surface area (Å²) in [5.74, 6) is 0. The first-order valence-electron chi connectivity index (χ1n) is 4.95. The lowest BCUT2D eigenvalue weighted by atomic mass is 9.75. The van der Waals surface area contributed by atoms with Gasteiger partial charge in [-0.1, -0.05) is 54.6 Å². The molecule has 0 saturated carbocycles. The Labute approximate surface area is 94.0 Å². The Morgan fingerprint density at radius 2 is 1.50 bits per heavy atom. The van der Waals surface area contributed by atoms with Crippen molar-refractivity contribution in [1.82, 2.24) is 0 Å². The average molecular weight is 214 g/mol. The van der Waals surface area contributed by atoms with Gasteiger partial charge in [0.25, 0.3) is 0 Å². The molecule has 2 N–H and O–H groups in total. The van der Waals surface area contributed by atoms with Gasteiger partial charge >= 0.3 is 7.12 Å². The zero-order chi connectivity index (χ0) is 11.4. The van der Waals surface area contributed by atoms with E-state index in [1.54, 1.807) is 12.1 Å². The van der Waals surface area contributed by atoms with Gasteiger partial charge in [0.1, 0.15) is 0 Å². The maximum absolute atomic E-state index is 9.50. The van der Waals surface area contributed by atoms with Crippen LogP contribution >= 0.6 is 0 Å². The highest BCUT2D eigenvalue weighted by molar-refractivity contribution is 6.61. The summed E-state index contributed by atoms with van der Waals surface area (Å²) in [6.45, 7) is 0. The molecule has 0 aliphatic carbocycles. The molecule has 0 heterocycles. The van der Waals surface area contributed by atoms with Crippen molar-refractivity contribution in [2.45, 2.75) is 0 Å². The lowest BCUT2D eigenvalue weighted by molar-refractivity contribution is -0.154. The monoisotopic (exact) mass is 214 g/mol. The van der Waals surface area contributed by atoms with Gasteiger partial charge in [0.05, 0.1) is 0 Å². The molecular weight excluding hydrogens is 203 g/mol. The van der Waals surface area contributed by atoms with E-state index in [9.17, 15) is 5.02 Å². The Kier molecular flexibility index (Phi) is 3.36. The van der Waals surface area contributed by atoms with Crippen molar-refractivity contribution in [3.05, 3.63) is 54.6 Å². The number of rotatable bonds is 3. The van der Waals surface area contributed by atoms with Crippen LogP contribution in [0.15, 0.2) is 54.6 Å². The molecule has 0 saturated heterocycles. The van der Waals surface area contributed by atoms with Crippen LogP contribution in [0.4, 0.5) is 0 Å². The summed E-state index contributed by atoms with van der Waals surface area (Å²) < 4.78 is 0. The first kappa shape index (κ1) is 10.9. The molecule has 2 aromatic rings. The Bertz CT molecular complexity index is 459. The van der Waals surface area contributed by atoms with Crippen LogP contribution in [0.5, 0.6) is 0 Å². The smallest absolute Gasteiger partial charge is 0.422 e. The van der Waals surface area contributed by atoms with Crippen molar-refractivity contribution in [1.29, 1.82) is 0 Å². The summed E-state index contributed by atoms with van der Waals surface area (Å²) in [7, 11) is -1.32. The summed E-state index contributed by atoms with van der Waals surface area (Å²) in [4.78, 5) is 3.95. The van der Waals surface area contributed by atoms with Gasteiger partial charge in [-0.15, -0.1) is 0 Å². The van der Waals surface area contributed by atoms with Crippen molar-refractivity contribution in [2.75, 3.05) is 0 Å². The average Bonchev–Trinajstić information content (AvgIpc) is 2.39. The molecule has 3 nitrogen and oxygen atoms in total. The van der Waals surface area contributed by atoms with Crippen LogP contribution in [-0.2, 0) is 4.81 Å². The SMILES string of the molecule is OOB(O)c1ccccc1-c1ccccc1. The highest BCUT2D eigenvalue weighted by Gasteiger charge is 2.20. The third kappa shape index (κ3) is 2.14. The molecule has 0 aromatic heterocycles. The minimum Gasteiger partial charge on any atom is -0.422 e. The summed E-state index contributed by atoms with van der Waals surface area (Å²) in [5, 5.41) is 18.0. The van der Waals surface area contributed by atoms with Crippen LogP contribution in [0.25, 0.3) is 11.1 Å². The predicted molar refractivity (Wildman–Crippen MR) is 63.2 cm³/mol. The highest BCUT2D eigenvalue weighted by Crippen LogP contribution is 2.16. The van der Waals surface area contributed by atoms with Gasteiger partial charge in [-0.2, -0.15) is 0 Å². The van der Waals surface area contributed by atoms with E-state index < -0.39 is 7.12 Å². The molecule has 0 aliphatic rings. The lowest BCUT2D eigenvalue weighted by Gasteiger charge is -2.09. The largest absolute Gasteiger partial charge is 0.523 e. The fourth-order valence-electron chi connectivity index (χ4n) is 1.65. The van der Waals surface area contributed by atoms with Crippen molar-refractivity contribution in [3.63, 3.8) is 0 Å². The fourth-order valence-corrected chi connectivity index (χ4v) is 1.65. The topological polar surface area (TPSA) is 49.7 Å². The molecule has 0 bridgehead atoms. The van der Waals surface area contributed by atoms with Gasteiger partial charge in [-0.3, -0.25) is 10.1 Å². The predicted octanol–water partition coefficient (Wildman–Crippen LogP) is 1.53. The van der Waals surface area contributed by atoms with E-state index in [2.05, 4.69) is 4.81 Å². The second-order valence-corrected chi connectivity index (χ2v) is 3.41. The summed E-state index contributed by atoms with van der Waals surface area (Å²) in [5.41, 5.74) is 2.34. The van der Waals surface area contributed by atoms with E-state index >= 15 is 0 Å². The molecule has 0 amide bonds. The van der Waals surface area contributed by atoms with E-state index in [0.717, 1.165) is 11.1 Å². The van der Waals surface area contributed by atoms with E-state index in [1.165, 1.54) is 0 Å². The summed E-state index contributed by atoms with van der Waals surface area (Å²) in [6, 6.07) is 16.9. The quantitative estimate of drug-likeness (QED) is 0.462. The van der Waals surface area contributed by atoms with Gasteiger partial charge in [-0.25, -0.2) is 0 Å².